The number of carbonyl (C=O) groups excluding carboxylic acids is 2. The number of aryl methyl sites for hydroxylation is 1. The maximum atomic E-state index is 12.6. The second-order valence-electron chi connectivity index (χ2n) is 5.80. The molecule has 0 fully saturated rings. The number of benzene rings is 2. The van der Waals surface area contributed by atoms with Crippen molar-refractivity contribution >= 4 is 40.0 Å². The van der Waals surface area contributed by atoms with E-state index in [0.717, 1.165) is 16.5 Å². The number of carbonyl (C=O) groups is 2. The molecular formula is C19H18ClN3O2. The van der Waals surface area contributed by atoms with Gasteiger partial charge in [-0.25, -0.2) is 0 Å². The molecule has 0 aliphatic carbocycles. The Morgan fingerprint density at radius 2 is 1.88 bits per heavy atom. The predicted molar refractivity (Wildman–Crippen MR) is 99.8 cm³/mol. The fourth-order valence-electron chi connectivity index (χ4n) is 2.83. The highest BCUT2D eigenvalue weighted by Crippen LogP contribution is 2.29. The first-order valence-corrected chi connectivity index (χ1v) is 8.23. The molecule has 0 radical (unpaired) electrons. The fraction of sp³-hybridized carbons (Fsp3) is 0.158. The SMILES string of the molecule is CC(=O)Nc1cccc(CNC(=O)c2c(Cl)c3ccccc3n2C)c1. The number of amides is 2. The molecule has 6 heteroatoms. The number of aromatic nitrogens is 1. The minimum absolute atomic E-state index is 0.136. The van der Waals surface area contributed by atoms with Gasteiger partial charge in [0.15, 0.2) is 0 Å². The number of para-hydroxylation sites is 1. The van der Waals surface area contributed by atoms with Crippen LogP contribution in [0.4, 0.5) is 5.69 Å². The van der Waals surface area contributed by atoms with Gasteiger partial charge in [-0.1, -0.05) is 41.9 Å². The standard InChI is InChI=1S/C19H18ClN3O2/c1-12(24)22-14-7-5-6-13(10-14)11-21-19(25)18-17(20)15-8-3-4-9-16(15)23(18)2/h3-10H,11H2,1-2H3,(H,21,25)(H,22,24). The molecular weight excluding hydrogens is 338 g/mol. The smallest absolute Gasteiger partial charge is 0.269 e. The van der Waals surface area contributed by atoms with Crippen molar-refractivity contribution in [2.45, 2.75) is 13.5 Å². The lowest BCUT2D eigenvalue weighted by Gasteiger charge is -2.09. The Balaban J connectivity index is 1.79. The van der Waals surface area contributed by atoms with E-state index in [-0.39, 0.29) is 11.8 Å². The minimum atomic E-state index is -0.242. The molecule has 25 heavy (non-hydrogen) atoms. The monoisotopic (exact) mass is 355 g/mol. The molecule has 0 atom stereocenters. The second kappa shape index (κ2) is 6.99. The van der Waals surface area contributed by atoms with Crippen LogP contribution in [0.1, 0.15) is 23.0 Å². The third-order valence-corrected chi connectivity index (χ3v) is 4.34. The zero-order valence-corrected chi connectivity index (χ0v) is 14.7. The maximum absolute atomic E-state index is 12.6. The van der Waals surface area contributed by atoms with E-state index >= 15 is 0 Å². The van der Waals surface area contributed by atoms with Crippen molar-refractivity contribution in [3.63, 3.8) is 0 Å². The summed E-state index contributed by atoms with van der Waals surface area (Å²) in [6, 6.07) is 15.0. The van der Waals surface area contributed by atoms with Gasteiger partial charge in [0.1, 0.15) is 5.69 Å². The molecule has 0 bridgehead atoms. The number of fused-ring (bicyclic) bond motifs is 1. The average Bonchev–Trinajstić information content (AvgIpc) is 2.84. The molecule has 5 nitrogen and oxygen atoms in total. The first-order valence-electron chi connectivity index (χ1n) is 7.85. The molecule has 0 aliphatic heterocycles. The van der Waals surface area contributed by atoms with Gasteiger partial charge in [-0.3, -0.25) is 9.59 Å². The van der Waals surface area contributed by atoms with Crippen LogP contribution in [0.5, 0.6) is 0 Å². The lowest BCUT2D eigenvalue weighted by atomic mass is 10.2. The maximum Gasteiger partial charge on any atom is 0.269 e. The van der Waals surface area contributed by atoms with Crippen LogP contribution in [0.3, 0.4) is 0 Å². The molecule has 3 rings (SSSR count). The first-order chi connectivity index (χ1) is 12.0. The zero-order valence-electron chi connectivity index (χ0n) is 14.0. The molecule has 2 amide bonds. The summed E-state index contributed by atoms with van der Waals surface area (Å²) in [5.74, 6) is -0.378. The Morgan fingerprint density at radius 3 is 2.60 bits per heavy atom. The molecule has 1 aromatic heterocycles. The van der Waals surface area contributed by atoms with Gasteiger partial charge in [-0.05, 0) is 23.8 Å². The van der Waals surface area contributed by atoms with E-state index < -0.39 is 0 Å². The molecule has 0 unspecified atom stereocenters. The number of anilines is 1. The van der Waals surface area contributed by atoms with E-state index in [1.165, 1.54) is 6.92 Å². The van der Waals surface area contributed by atoms with Crippen molar-refractivity contribution in [1.82, 2.24) is 9.88 Å². The van der Waals surface area contributed by atoms with Gasteiger partial charge in [-0.15, -0.1) is 0 Å². The lowest BCUT2D eigenvalue weighted by Crippen LogP contribution is -2.25. The molecule has 0 spiro atoms. The Kier molecular flexibility index (Phi) is 4.76. The number of nitrogens with zero attached hydrogens (tertiary/aromatic N) is 1. The second-order valence-corrected chi connectivity index (χ2v) is 6.18. The van der Waals surface area contributed by atoms with Crippen molar-refractivity contribution in [3.8, 4) is 0 Å². The minimum Gasteiger partial charge on any atom is -0.347 e. The molecule has 0 aliphatic rings. The Labute approximate surface area is 150 Å². The summed E-state index contributed by atoms with van der Waals surface area (Å²) in [7, 11) is 1.82. The van der Waals surface area contributed by atoms with Crippen LogP contribution in [0.2, 0.25) is 5.02 Å². The van der Waals surface area contributed by atoms with Gasteiger partial charge in [0.2, 0.25) is 5.91 Å². The third kappa shape index (κ3) is 3.51. The highest BCUT2D eigenvalue weighted by atomic mass is 35.5. The van der Waals surface area contributed by atoms with E-state index in [0.29, 0.717) is 22.9 Å². The molecule has 128 valence electrons. The summed E-state index contributed by atoms with van der Waals surface area (Å²) >= 11 is 6.39. The zero-order chi connectivity index (χ0) is 18.0. The van der Waals surface area contributed by atoms with Crippen LogP contribution >= 0.6 is 11.6 Å². The summed E-state index contributed by atoms with van der Waals surface area (Å²) in [6.07, 6.45) is 0. The third-order valence-electron chi connectivity index (χ3n) is 3.96. The number of rotatable bonds is 4. The first kappa shape index (κ1) is 17.0. The fourth-order valence-corrected chi connectivity index (χ4v) is 3.20. The summed E-state index contributed by atoms with van der Waals surface area (Å²) < 4.78 is 1.79. The van der Waals surface area contributed by atoms with Gasteiger partial charge in [0.05, 0.1) is 5.02 Å². The van der Waals surface area contributed by atoms with Crippen molar-refractivity contribution < 1.29 is 9.59 Å². The Hall–Kier alpha value is -2.79. The van der Waals surface area contributed by atoms with Gasteiger partial charge >= 0.3 is 0 Å². The Morgan fingerprint density at radius 1 is 1.12 bits per heavy atom. The van der Waals surface area contributed by atoms with Gasteiger partial charge < -0.3 is 15.2 Å². The normalized spacial score (nSPS) is 10.7. The quantitative estimate of drug-likeness (QED) is 0.749. The van der Waals surface area contributed by atoms with Gasteiger partial charge in [0.25, 0.3) is 5.91 Å². The largest absolute Gasteiger partial charge is 0.347 e. The molecule has 0 saturated heterocycles. The van der Waals surface area contributed by atoms with E-state index in [4.69, 9.17) is 11.6 Å². The van der Waals surface area contributed by atoms with E-state index in [1.807, 2.05) is 49.5 Å². The number of nitrogens with one attached hydrogen (secondary N) is 2. The van der Waals surface area contributed by atoms with Crippen LogP contribution in [0, 0.1) is 0 Å². The summed E-state index contributed by atoms with van der Waals surface area (Å²) in [4.78, 5) is 23.7. The Bertz CT molecular complexity index is 923. The lowest BCUT2D eigenvalue weighted by molar-refractivity contribution is -0.114. The van der Waals surface area contributed by atoms with E-state index in [2.05, 4.69) is 10.6 Å². The molecule has 1 heterocycles. The number of hydrogen-bond donors (Lipinski definition) is 2. The molecule has 2 aromatic carbocycles. The van der Waals surface area contributed by atoms with E-state index in [9.17, 15) is 9.59 Å². The highest BCUT2D eigenvalue weighted by molar-refractivity contribution is 6.38. The topological polar surface area (TPSA) is 63.1 Å². The molecule has 0 saturated carbocycles. The van der Waals surface area contributed by atoms with Crippen molar-refractivity contribution in [2.24, 2.45) is 7.05 Å². The highest BCUT2D eigenvalue weighted by Gasteiger charge is 2.19. The van der Waals surface area contributed by atoms with Gasteiger partial charge in [0, 0.05) is 37.1 Å². The molecule has 3 aromatic rings. The molecule has 2 N–H and O–H groups in total. The predicted octanol–water partition coefficient (Wildman–Crippen LogP) is 3.72. The summed E-state index contributed by atoms with van der Waals surface area (Å²) in [6.45, 7) is 1.79. The van der Waals surface area contributed by atoms with Crippen molar-refractivity contribution in [1.29, 1.82) is 0 Å². The van der Waals surface area contributed by atoms with Crippen LogP contribution in [0.15, 0.2) is 48.5 Å². The van der Waals surface area contributed by atoms with Crippen molar-refractivity contribution in [2.75, 3.05) is 5.32 Å². The van der Waals surface area contributed by atoms with Crippen LogP contribution in [-0.2, 0) is 18.4 Å². The summed E-state index contributed by atoms with van der Waals surface area (Å²) in [5.41, 5.74) is 2.92. The number of halogens is 1. The average molecular weight is 356 g/mol. The van der Waals surface area contributed by atoms with Crippen molar-refractivity contribution in [3.05, 3.63) is 64.8 Å². The number of hydrogen-bond acceptors (Lipinski definition) is 2. The van der Waals surface area contributed by atoms with Crippen LogP contribution in [-0.4, -0.2) is 16.4 Å². The van der Waals surface area contributed by atoms with E-state index in [1.54, 1.807) is 10.6 Å². The van der Waals surface area contributed by atoms with Crippen LogP contribution < -0.4 is 10.6 Å². The van der Waals surface area contributed by atoms with Gasteiger partial charge in [-0.2, -0.15) is 0 Å². The summed E-state index contributed by atoms with van der Waals surface area (Å²) in [5, 5.41) is 6.90. The van der Waals surface area contributed by atoms with Crippen LogP contribution in [0.25, 0.3) is 10.9 Å².